The van der Waals surface area contributed by atoms with E-state index in [1.54, 1.807) is 20.2 Å². The topological polar surface area (TPSA) is 68.4 Å². The van der Waals surface area contributed by atoms with Gasteiger partial charge in [-0.3, -0.25) is 19.9 Å². The third kappa shape index (κ3) is 3.60. The summed E-state index contributed by atoms with van der Waals surface area (Å²) in [5, 5.41) is 3.65. The lowest BCUT2D eigenvalue weighted by Crippen LogP contribution is -2.66. The number of ether oxygens (including phenoxy) is 1. The van der Waals surface area contributed by atoms with Crippen molar-refractivity contribution in [2.45, 2.75) is 31.5 Å². The molecule has 0 aliphatic carbocycles. The van der Waals surface area contributed by atoms with Gasteiger partial charge in [-0.05, 0) is 42.8 Å². The number of methoxy groups -OCH3 is 1. The van der Waals surface area contributed by atoms with E-state index in [-0.39, 0.29) is 29.3 Å². The molecule has 0 aromatic heterocycles. The molecule has 3 heterocycles. The molecule has 174 valence electrons. The number of likely N-dealkylation sites (N-methyl/N-ethyl adjacent to an activating group) is 1. The molecular weight excluding hydrogens is 449 g/mol. The average molecular weight is 474 g/mol. The fourth-order valence-corrected chi connectivity index (χ4v) is 5.17. The van der Waals surface area contributed by atoms with Gasteiger partial charge in [-0.2, -0.15) is 0 Å². The molecule has 3 aliphatic rings. The Bertz CT molecular complexity index is 1060. The first-order valence-electron chi connectivity index (χ1n) is 10.8. The van der Waals surface area contributed by atoms with Crippen molar-refractivity contribution in [3.63, 3.8) is 0 Å². The molecule has 5 rings (SSSR count). The van der Waals surface area contributed by atoms with Crippen LogP contribution in [0.1, 0.15) is 12.0 Å². The molecule has 3 aliphatic heterocycles. The summed E-state index contributed by atoms with van der Waals surface area (Å²) < 4.78 is 19.7. The van der Waals surface area contributed by atoms with Gasteiger partial charge in [0.05, 0.1) is 13.7 Å². The molecule has 3 unspecified atom stereocenters. The zero-order chi connectivity index (χ0) is 23.3. The first kappa shape index (κ1) is 21.9. The molecule has 33 heavy (non-hydrogen) atoms. The van der Waals surface area contributed by atoms with Gasteiger partial charge in [-0.1, -0.05) is 17.7 Å². The number of anilines is 1. The lowest BCUT2D eigenvalue weighted by molar-refractivity contribution is -0.139. The van der Waals surface area contributed by atoms with E-state index >= 15 is 0 Å². The van der Waals surface area contributed by atoms with Gasteiger partial charge in [-0.25, -0.2) is 9.18 Å². The van der Waals surface area contributed by atoms with Crippen molar-refractivity contribution in [1.82, 2.24) is 20.0 Å². The highest BCUT2D eigenvalue weighted by Crippen LogP contribution is 2.34. The fraction of sp³-hybridized carbons (Fsp3) is 0.391. The lowest BCUT2D eigenvalue weighted by Gasteiger charge is -2.44. The van der Waals surface area contributed by atoms with Crippen LogP contribution in [-0.4, -0.2) is 72.4 Å². The number of hydrogen-bond donors (Lipinski definition) is 1. The van der Waals surface area contributed by atoms with Gasteiger partial charge in [0.1, 0.15) is 30.1 Å². The largest absolute Gasteiger partial charge is 0.497 e. The van der Waals surface area contributed by atoms with Crippen LogP contribution in [0.3, 0.4) is 0 Å². The molecule has 2 aromatic rings. The third-order valence-corrected chi connectivity index (χ3v) is 7.01. The smallest absolute Gasteiger partial charge is 0.328 e. The van der Waals surface area contributed by atoms with Crippen LogP contribution >= 0.6 is 11.6 Å². The zero-order valence-electron chi connectivity index (χ0n) is 18.4. The number of nitrogens with zero attached hydrogens (tertiary/aromatic N) is 4. The minimum absolute atomic E-state index is 0.133. The number of hydrogen-bond acceptors (Lipinski definition) is 6. The van der Waals surface area contributed by atoms with E-state index in [0.717, 1.165) is 29.3 Å². The van der Waals surface area contributed by atoms with Crippen molar-refractivity contribution in [3.05, 3.63) is 58.9 Å². The van der Waals surface area contributed by atoms with Crippen LogP contribution in [-0.2, 0) is 11.3 Å². The Kier molecular flexibility index (Phi) is 5.64. The standard InChI is InChI=1S/C23H25ClFN5O3/c1-27-20-19(21(31)30(23(27)32)13-16-17(24)5-3-6-18(16)25)29-12-4-11-28(22(29)26-20)14-7-9-15(33-2)10-8-14/h3,5-10,19-20,22,26H,4,11-13H2,1-2H3. The quantitative estimate of drug-likeness (QED) is 0.736. The van der Waals surface area contributed by atoms with Gasteiger partial charge in [0.25, 0.3) is 5.91 Å². The molecule has 3 fully saturated rings. The van der Waals surface area contributed by atoms with Crippen LogP contribution in [0.2, 0.25) is 5.02 Å². The molecule has 0 bridgehead atoms. The SMILES string of the molecule is COc1ccc(N2CCCN3C4C(=O)N(Cc5c(F)cccc5Cl)C(=O)N(C)C4NC23)cc1. The van der Waals surface area contributed by atoms with Crippen molar-refractivity contribution in [1.29, 1.82) is 0 Å². The van der Waals surface area contributed by atoms with Gasteiger partial charge in [0.2, 0.25) is 0 Å². The summed E-state index contributed by atoms with van der Waals surface area (Å²) in [6.07, 6.45) is 0.122. The molecule has 3 saturated heterocycles. The number of carbonyl (C=O) groups is 2. The normalized spacial score (nSPS) is 25.3. The summed E-state index contributed by atoms with van der Waals surface area (Å²) in [5.41, 5.74) is 1.13. The molecule has 0 spiro atoms. The number of amides is 3. The molecule has 3 atom stereocenters. The average Bonchev–Trinajstić information content (AvgIpc) is 3.22. The number of halogens is 2. The first-order chi connectivity index (χ1) is 15.9. The summed E-state index contributed by atoms with van der Waals surface area (Å²) in [6, 6.07) is 11.0. The van der Waals surface area contributed by atoms with Gasteiger partial charge >= 0.3 is 6.03 Å². The molecule has 2 aromatic carbocycles. The predicted octanol–water partition coefficient (Wildman–Crippen LogP) is 2.68. The highest BCUT2D eigenvalue weighted by atomic mass is 35.5. The Hall–Kier alpha value is -2.88. The van der Waals surface area contributed by atoms with E-state index < -0.39 is 24.1 Å². The number of fused-ring (bicyclic) bond motifs is 3. The Morgan fingerprint density at radius 1 is 1.15 bits per heavy atom. The van der Waals surface area contributed by atoms with Crippen LogP contribution in [0.25, 0.3) is 0 Å². The van der Waals surface area contributed by atoms with Crippen LogP contribution in [0.15, 0.2) is 42.5 Å². The third-order valence-electron chi connectivity index (χ3n) is 6.65. The maximum Gasteiger partial charge on any atom is 0.328 e. The van der Waals surface area contributed by atoms with Gasteiger partial charge in [0.15, 0.2) is 0 Å². The minimum atomic E-state index is -0.579. The van der Waals surface area contributed by atoms with E-state index in [4.69, 9.17) is 16.3 Å². The van der Waals surface area contributed by atoms with Crippen LogP contribution in [0.4, 0.5) is 14.9 Å². The maximum atomic E-state index is 14.4. The monoisotopic (exact) mass is 473 g/mol. The molecule has 8 nitrogen and oxygen atoms in total. The predicted molar refractivity (Wildman–Crippen MR) is 121 cm³/mol. The lowest BCUT2D eigenvalue weighted by atomic mass is 10.1. The molecule has 3 amide bonds. The van der Waals surface area contributed by atoms with E-state index in [9.17, 15) is 14.0 Å². The summed E-state index contributed by atoms with van der Waals surface area (Å²) in [7, 11) is 3.28. The van der Waals surface area contributed by atoms with Crippen molar-refractivity contribution < 1.29 is 18.7 Å². The second-order valence-electron chi connectivity index (χ2n) is 8.43. The summed E-state index contributed by atoms with van der Waals surface area (Å²) in [4.78, 5) is 33.6. The van der Waals surface area contributed by atoms with Crippen LogP contribution < -0.4 is 15.0 Å². The summed E-state index contributed by atoms with van der Waals surface area (Å²) >= 11 is 6.17. The number of carbonyl (C=O) groups excluding carboxylic acids is 2. The minimum Gasteiger partial charge on any atom is -0.497 e. The molecular formula is C23H25ClFN5O3. The zero-order valence-corrected chi connectivity index (χ0v) is 19.1. The van der Waals surface area contributed by atoms with Crippen LogP contribution in [0, 0.1) is 5.82 Å². The van der Waals surface area contributed by atoms with Gasteiger partial charge in [-0.15, -0.1) is 0 Å². The highest BCUT2D eigenvalue weighted by Gasteiger charge is 2.56. The number of nitrogens with one attached hydrogen (secondary N) is 1. The molecule has 1 N–H and O–H groups in total. The van der Waals surface area contributed by atoms with Crippen molar-refractivity contribution >= 4 is 29.2 Å². The molecule has 0 radical (unpaired) electrons. The number of benzene rings is 2. The Morgan fingerprint density at radius 3 is 2.61 bits per heavy atom. The Morgan fingerprint density at radius 2 is 1.91 bits per heavy atom. The van der Waals surface area contributed by atoms with E-state index in [1.165, 1.54) is 17.0 Å². The Balaban J connectivity index is 1.44. The second kappa shape index (κ2) is 8.48. The van der Waals surface area contributed by atoms with Gasteiger partial charge < -0.3 is 14.5 Å². The maximum absolute atomic E-state index is 14.4. The highest BCUT2D eigenvalue weighted by molar-refractivity contribution is 6.31. The van der Waals surface area contributed by atoms with Crippen molar-refractivity contribution in [2.24, 2.45) is 0 Å². The molecule has 10 heteroatoms. The number of urea groups is 1. The van der Waals surface area contributed by atoms with E-state index in [2.05, 4.69) is 15.1 Å². The van der Waals surface area contributed by atoms with E-state index in [0.29, 0.717) is 6.54 Å². The first-order valence-corrected chi connectivity index (χ1v) is 11.2. The van der Waals surface area contributed by atoms with Crippen molar-refractivity contribution in [3.8, 4) is 5.75 Å². The van der Waals surface area contributed by atoms with E-state index in [1.807, 2.05) is 24.3 Å². The van der Waals surface area contributed by atoms with Crippen LogP contribution in [0.5, 0.6) is 5.75 Å². The number of imide groups is 1. The summed E-state index contributed by atoms with van der Waals surface area (Å²) in [5.74, 6) is -0.128. The van der Waals surface area contributed by atoms with Crippen molar-refractivity contribution in [2.75, 3.05) is 32.1 Å². The van der Waals surface area contributed by atoms with Gasteiger partial charge in [0, 0.05) is 36.4 Å². The fourth-order valence-electron chi connectivity index (χ4n) is 4.94. The summed E-state index contributed by atoms with van der Waals surface area (Å²) in [6.45, 7) is 1.30. The molecule has 0 saturated carbocycles. The number of rotatable bonds is 4. The second-order valence-corrected chi connectivity index (χ2v) is 8.84. The Labute approximate surface area is 196 Å².